The van der Waals surface area contributed by atoms with Gasteiger partial charge in [-0.25, -0.2) is 4.79 Å². The average Bonchev–Trinajstić information content (AvgIpc) is 3.10. The lowest BCUT2D eigenvalue weighted by Crippen LogP contribution is -2.53. The Morgan fingerprint density at radius 2 is 2.00 bits per heavy atom. The second-order valence-corrected chi connectivity index (χ2v) is 7.08. The molecule has 128 valence electrons. The maximum Gasteiger partial charge on any atom is 0.410 e. The number of piperidine rings is 1. The van der Waals surface area contributed by atoms with E-state index < -0.39 is 11.5 Å². The van der Waals surface area contributed by atoms with E-state index in [-0.39, 0.29) is 24.4 Å². The van der Waals surface area contributed by atoms with Gasteiger partial charge in [-0.3, -0.25) is 14.5 Å². The van der Waals surface area contributed by atoms with Crippen LogP contribution in [0.2, 0.25) is 0 Å². The molecule has 1 atom stereocenters. The number of amides is 3. The Hall–Kier alpha value is -1.79. The molecule has 0 aromatic rings. The molecule has 0 saturated carbocycles. The fourth-order valence-electron chi connectivity index (χ4n) is 3.89. The zero-order valence-electron chi connectivity index (χ0n) is 13.9. The summed E-state index contributed by atoms with van der Waals surface area (Å²) in [5.74, 6) is 0.102. The van der Waals surface area contributed by atoms with Crippen LogP contribution >= 0.6 is 0 Å². The van der Waals surface area contributed by atoms with Gasteiger partial charge in [-0.05, 0) is 33.1 Å². The van der Waals surface area contributed by atoms with E-state index in [2.05, 4.69) is 0 Å². The molecule has 3 heterocycles. The maximum atomic E-state index is 12.9. The van der Waals surface area contributed by atoms with Gasteiger partial charge in [0.05, 0.1) is 12.0 Å². The van der Waals surface area contributed by atoms with E-state index >= 15 is 0 Å². The van der Waals surface area contributed by atoms with Crippen molar-refractivity contribution in [2.45, 2.75) is 39.2 Å². The van der Waals surface area contributed by atoms with Crippen LogP contribution in [0.5, 0.6) is 0 Å². The highest BCUT2D eigenvalue weighted by molar-refractivity contribution is 5.87. The Balaban J connectivity index is 1.64. The Kier molecular flexibility index (Phi) is 4.21. The fraction of sp³-hybridized carbons (Fsp3) is 0.812. The van der Waals surface area contributed by atoms with E-state index in [1.54, 1.807) is 4.90 Å². The molecule has 0 aliphatic carbocycles. The monoisotopic (exact) mass is 323 g/mol. The van der Waals surface area contributed by atoms with Crippen LogP contribution < -0.4 is 0 Å². The highest BCUT2D eigenvalue weighted by Crippen LogP contribution is 2.40. The van der Waals surface area contributed by atoms with Gasteiger partial charge in [-0.2, -0.15) is 0 Å². The van der Waals surface area contributed by atoms with Crippen LogP contribution in [0.3, 0.4) is 0 Å². The van der Waals surface area contributed by atoms with Crippen molar-refractivity contribution in [2.24, 2.45) is 5.41 Å². The first-order chi connectivity index (χ1) is 10.9. The minimum atomic E-state index is -0.424. The Morgan fingerprint density at radius 1 is 1.22 bits per heavy atom. The molecule has 23 heavy (non-hydrogen) atoms. The summed E-state index contributed by atoms with van der Waals surface area (Å²) >= 11 is 0. The topological polar surface area (TPSA) is 70.2 Å². The SMILES string of the molecule is CC(C)N1CCCC2(CCN(C(=O)CN3CCOC3=O)C2)C1=O. The second-order valence-electron chi connectivity index (χ2n) is 7.08. The summed E-state index contributed by atoms with van der Waals surface area (Å²) in [5, 5.41) is 0. The second kappa shape index (κ2) is 6.02. The third-order valence-electron chi connectivity index (χ3n) is 5.27. The van der Waals surface area contributed by atoms with Gasteiger partial charge in [0.1, 0.15) is 13.2 Å². The molecule has 3 rings (SSSR count). The number of hydrogen-bond acceptors (Lipinski definition) is 4. The van der Waals surface area contributed by atoms with Crippen molar-refractivity contribution in [1.29, 1.82) is 0 Å². The molecule has 7 heteroatoms. The van der Waals surface area contributed by atoms with Crippen LogP contribution in [0.1, 0.15) is 33.1 Å². The van der Waals surface area contributed by atoms with Crippen LogP contribution in [0.15, 0.2) is 0 Å². The van der Waals surface area contributed by atoms with E-state index in [9.17, 15) is 14.4 Å². The smallest absolute Gasteiger partial charge is 0.410 e. The lowest BCUT2D eigenvalue weighted by Gasteiger charge is -2.41. The normalized spacial score (nSPS) is 28.2. The molecule has 1 unspecified atom stereocenters. The van der Waals surface area contributed by atoms with Crippen LogP contribution in [-0.4, -0.2) is 78.0 Å². The quantitative estimate of drug-likeness (QED) is 0.766. The van der Waals surface area contributed by atoms with Crippen molar-refractivity contribution in [3.63, 3.8) is 0 Å². The highest BCUT2D eigenvalue weighted by Gasteiger charge is 2.49. The van der Waals surface area contributed by atoms with Gasteiger partial charge in [0.15, 0.2) is 0 Å². The van der Waals surface area contributed by atoms with Gasteiger partial charge in [-0.15, -0.1) is 0 Å². The third-order valence-corrected chi connectivity index (χ3v) is 5.27. The van der Waals surface area contributed by atoms with Gasteiger partial charge < -0.3 is 14.5 Å². The molecule has 3 saturated heterocycles. The van der Waals surface area contributed by atoms with Gasteiger partial charge in [0.2, 0.25) is 11.8 Å². The van der Waals surface area contributed by atoms with Crippen LogP contribution in [0.4, 0.5) is 4.79 Å². The van der Waals surface area contributed by atoms with E-state index in [4.69, 9.17) is 4.74 Å². The summed E-state index contributed by atoms with van der Waals surface area (Å²) in [6.07, 6.45) is 2.15. The van der Waals surface area contributed by atoms with Crippen LogP contribution in [0, 0.1) is 5.41 Å². The number of nitrogens with zero attached hydrogens (tertiary/aromatic N) is 3. The first-order valence-corrected chi connectivity index (χ1v) is 8.43. The predicted molar refractivity (Wildman–Crippen MR) is 82.6 cm³/mol. The Morgan fingerprint density at radius 3 is 2.65 bits per heavy atom. The first kappa shape index (κ1) is 16.1. The summed E-state index contributed by atoms with van der Waals surface area (Å²) in [6.45, 7) is 6.82. The molecule has 0 radical (unpaired) electrons. The first-order valence-electron chi connectivity index (χ1n) is 8.43. The number of cyclic esters (lactones) is 1. The van der Waals surface area contributed by atoms with Crippen molar-refractivity contribution >= 4 is 17.9 Å². The lowest BCUT2D eigenvalue weighted by atomic mass is 9.78. The molecule has 0 aromatic carbocycles. The van der Waals surface area contributed by atoms with E-state index in [1.807, 2.05) is 18.7 Å². The fourth-order valence-corrected chi connectivity index (χ4v) is 3.89. The standard InChI is InChI=1S/C16H25N3O4/c1-12(2)19-6-3-4-16(14(19)21)5-7-18(11-16)13(20)10-17-8-9-23-15(17)22/h12H,3-11H2,1-2H3. The molecule has 0 bridgehead atoms. The molecule has 3 fully saturated rings. The Labute approximate surface area is 136 Å². The molecule has 3 aliphatic heterocycles. The minimum Gasteiger partial charge on any atom is -0.448 e. The van der Waals surface area contributed by atoms with Crippen LogP contribution in [0.25, 0.3) is 0 Å². The third kappa shape index (κ3) is 2.88. The minimum absolute atomic E-state index is 0.0526. The molecular weight excluding hydrogens is 298 g/mol. The molecule has 1 spiro atoms. The highest BCUT2D eigenvalue weighted by atomic mass is 16.6. The largest absolute Gasteiger partial charge is 0.448 e. The summed E-state index contributed by atoms with van der Waals surface area (Å²) in [5.41, 5.74) is -0.413. The maximum absolute atomic E-state index is 12.9. The van der Waals surface area contributed by atoms with E-state index in [0.717, 1.165) is 25.8 Å². The molecule has 7 nitrogen and oxygen atoms in total. The number of rotatable bonds is 3. The van der Waals surface area contributed by atoms with E-state index in [0.29, 0.717) is 26.2 Å². The number of hydrogen-bond donors (Lipinski definition) is 0. The number of ether oxygens (including phenoxy) is 1. The number of likely N-dealkylation sites (tertiary alicyclic amines) is 2. The van der Waals surface area contributed by atoms with Crippen molar-refractivity contribution in [3.8, 4) is 0 Å². The van der Waals surface area contributed by atoms with E-state index in [1.165, 1.54) is 4.90 Å². The van der Waals surface area contributed by atoms with Gasteiger partial charge in [-0.1, -0.05) is 0 Å². The van der Waals surface area contributed by atoms with Gasteiger partial charge in [0, 0.05) is 25.7 Å². The van der Waals surface area contributed by atoms with Crippen molar-refractivity contribution in [2.75, 3.05) is 39.3 Å². The Bertz CT molecular complexity index is 521. The zero-order valence-corrected chi connectivity index (χ0v) is 13.9. The van der Waals surface area contributed by atoms with Crippen molar-refractivity contribution in [3.05, 3.63) is 0 Å². The molecular formula is C16H25N3O4. The average molecular weight is 323 g/mol. The number of carbonyl (C=O) groups is 3. The lowest BCUT2D eigenvalue weighted by molar-refractivity contribution is -0.148. The predicted octanol–water partition coefficient (Wildman–Crippen LogP) is 0.688. The van der Waals surface area contributed by atoms with Crippen molar-refractivity contribution < 1.29 is 19.1 Å². The van der Waals surface area contributed by atoms with Crippen LogP contribution in [-0.2, 0) is 14.3 Å². The summed E-state index contributed by atoms with van der Waals surface area (Å²) in [6, 6.07) is 0.198. The van der Waals surface area contributed by atoms with Crippen molar-refractivity contribution in [1.82, 2.24) is 14.7 Å². The van der Waals surface area contributed by atoms with Gasteiger partial charge >= 0.3 is 6.09 Å². The van der Waals surface area contributed by atoms with Gasteiger partial charge in [0.25, 0.3) is 0 Å². The summed E-state index contributed by atoms with van der Waals surface area (Å²) in [7, 11) is 0. The zero-order chi connectivity index (χ0) is 16.6. The summed E-state index contributed by atoms with van der Waals surface area (Å²) < 4.78 is 4.85. The molecule has 0 aromatic heterocycles. The number of carbonyl (C=O) groups excluding carboxylic acids is 3. The molecule has 3 aliphatic rings. The molecule has 0 N–H and O–H groups in total. The summed E-state index contributed by atoms with van der Waals surface area (Å²) in [4.78, 5) is 41.9. The molecule has 3 amide bonds.